The SMILES string of the molecule is CNc1nccc(Oc2ccc3c(c2)C(C)C(c2nc4ccc(-c5ccccc5)cc4[nH]2)O3)c1CCC=O. The quantitative estimate of drug-likeness (QED) is 0.225. The molecule has 0 saturated carbocycles. The molecule has 190 valence electrons. The largest absolute Gasteiger partial charge is 0.482 e. The standard InChI is InChI=1S/C31H28N4O3/c1-19-24-18-22(37-28-14-15-33-30(32-2)23(28)9-6-16-36)11-13-27(24)38-29(19)31-34-25-12-10-21(17-26(25)35-31)20-7-4-3-5-8-20/h3-5,7-8,10-19,29H,6,9H2,1-2H3,(H,32,33)(H,34,35). The van der Waals surface area contributed by atoms with Crippen LogP contribution in [0.2, 0.25) is 0 Å². The van der Waals surface area contributed by atoms with Gasteiger partial charge in [-0.2, -0.15) is 0 Å². The maximum atomic E-state index is 11.0. The molecule has 3 heterocycles. The van der Waals surface area contributed by atoms with Gasteiger partial charge in [-0.25, -0.2) is 9.97 Å². The Kier molecular flexibility index (Phi) is 6.25. The number of benzene rings is 3. The number of carbonyl (C=O) groups is 1. The van der Waals surface area contributed by atoms with Gasteiger partial charge in [0.2, 0.25) is 0 Å². The lowest BCUT2D eigenvalue weighted by atomic mass is 9.97. The van der Waals surface area contributed by atoms with E-state index in [0.29, 0.717) is 30.2 Å². The predicted molar refractivity (Wildman–Crippen MR) is 148 cm³/mol. The summed E-state index contributed by atoms with van der Waals surface area (Å²) in [5.74, 6) is 3.80. The molecule has 1 aliphatic rings. The van der Waals surface area contributed by atoms with Gasteiger partial charge in [0.05, 0.1) is 11.0 Å². The summed E-state index contributed by atoms with van der Waals surface area (Å²) in [4.78, 5) is 23.7. The summed E-state index contributed by atoms with van der Waals surface area (Å²) in [5, 5.41) is 3.09. The number of pyridine rings is 1. The van der Waals surface area contributed by atoms with Crippen LogP contribution < -0.4 is 14.8 Å². The molecule has 1 aliphatic heterocycles. The number of fused-ring (bicyclic) bond motifs is 2. The highest BCUT2D eigenvalue weighted by Crippen LogP contribution is 2.47. The Morgan fingerprint density at radius 2 is 1.92 bits per heavy atom. The average Bonchev–Trinajstić information content (AvgIpc) is 3.53. The van der Waals surface area contributed by atoms with Crippen LogP contribution >= 0.6 is 0 Å². The molecule has 3 aromatic carbocycles. The third kappa shape index (κ3) is 4.36. The molecule has 7 nitrogen and oxygen atoms in total. The summed E-state index contributed by atoms with van der Waals surface area (Å²) < 4.78 is 12.7. The number of hydrogen-bond acceptors (Lipinski definition) is 6. The van der Waals surface area contributed by atoms with Gasteiger partial charge in [-0.05, 0) is 53.9 Å². The number of aldehydes is 1. The topological polar surface area (TPSA) is 89.1 Å². The third-order valence-corrected chi connectivity index (χ3v) is 7.05. The van der Waals surface area contributed by atoms with Crippen LogP contribution in [0.15, 0.2) is 79.0 Å². The number of ether oxygens (including phenoxy) is 2. The summed E-state index contributed by atoms with van der Waals surface area (Å²) in [6, 6.07) is 24.3. The number of H-pyrrole nitrogens is 1. The summed E-state index contributed by atoms with van der Waals surface area (Å²) in [6.45, 7) is 2.14. The van der Waals surface area contributed by atoms with Crippen molar-refractivity contribution < 1.29 is 14.3 Å². The van der Waals surface area contributed by atoms with Crippen LogP contribution in [-0.2, 0) is 11.2 Å². The fourth-order valence-corrected chi connectivity index (χ4v) is 5.08. The lowest BCUT2D eigenvalue weighted by Gasteiger charge is -2.14. The number of hydrogen-bond donors (Lipinski definition) is 2. The van der Waals surface area contributed by atoms with E-state index in [-0.39, 0.29) is 12.0 Å². The smallest absolute Gasteiger partial charge is 0.163 e. The van der Waals surface area contributed by atoms with Gasteiger partial charge < -0.3 is 24.6 Å². The van der Waals surface area contributed by atoms with E-state index in [4.69, 9.17) is 14.5 Å². The summed E-state index contributed by atoms with van der Waals surface area (Å²) >= 11 is 0. The lowest BCUT2D eigenvalue weighted by Crippen LogP contribution is -2.09. The van der Waals surface area contributed by atoms with Crippen LogP contribution in [-0.4, -0.2) is 28.3 Å². The van der Waals surface area contributed by atoms with E-state index < -0.39 is 0 Å². The molecule has 0 aliphatic carbocycles. The lowest BCUT2D eigenvalue weighted by molar-refractivity contribution is -0.107. The molecule has 0 radical (unpaired) electrons. The van der Waals surface area contributed by atoms with Crippen LogP contribution in [0.25, 0.3) is 22.2 Å². The Labute approximate surface area is 220 Å². The van der Waals surface area contributed by atoms with E-state index in [0.717, 1.165) is 45.6 Å². The molecule has 2 N–H and O–H groups in total. The van der Waals surface area contributed by atoms with Gasteiger partial charge in [0.15, 0.2) is 6.10 Å². The third-order valence-electron chi connectivity index (χ3n) is 7.05. The van der Waals surface area contributed by atoms with Gasteiger partial charge in [-0.3, -0.25) is 0 Å². The van der Waals surface area contributed by atoms with Gasteiger partial charge in [0.1, 0.15) is 35.2 Å². The highest BCUT2D eigenvalue weighted by molar-refractivity contribution is 5.82. The normalized spacial score (nSPS) is 16.2. The summed E-state index contributed by atoms with van der Waals surface area (Å²) in [7, 11) is 1.81. The first-order chi connectivity index (χ1) is 18.6. The molecule has 2 atom stereocenters. The summed E-state index contributed by atoms with van der Waals surface area (Å²) in [6.07, 6.45) is 3.33. The molecule has 7 heteroatoms. The van der Waals surface area contributed by atoms with Crippen LogP contribution in [0.3, 0.4) is 0 Å². The average molecular weight is 505 g/mol. The molecule has 38 heavy (non-hydrogen) atoms. The minimum absolute atomic E-state index is 0.0718. The van der Waals surface area contributed by atoms with Gasteiger partial charge in [0, 0.05) is 36.7 Å². The van der Waals surface area contributed by atoms with Crippen molar-refractivity contribution in [3.8, 4) is 28.4 Å². The molecule has 2 aromatic heterocycles. The second-order valence-corrected chi connectivity index (χ2v) is 9.44. The molecule has 0 saturated heterocycles. The zero-order valence-electron chi connectivity index (χ0n) is 21.3. The van der Waals surface area contributed by atoms with E-state index in [1.54, 1.807) is 6.20 Å². The van der Waals surface area contributed by atoms with Gasteiger partial charge >= 0.3 is 0 Å². The molecule has 0 fully saturated rings. The minimum atomic E-state index is -0.229. The van der Waals surface area contributed by atoms with Crippen LogP contribution in [0.4, 0.5) is 5.82 Å². The number of anilines is 1. The molecule has 0 amide bonds. The fourth-order valence-electron chi connectivity index (χ4n) is 5.08. The van der Waals surface area contributed by atoms with Crippen molar-refractivity contribution in [1.82, 2.24) is 15.0 Å². The Bertz CT molecular complexity index is 1610. The molecular weight excluding hydrogens is 476 g/mol. The van der Waals surface area contributed by atoms with Gasteiger partial charge in [-0.1, -0.05) is 43.3 Å². The number of nitrogens with one attached hydrogen (secondary N) is 2. The second-order valence-electron chi connectivity index (χ2n) is 9.44. The molecule has 2 unspecified atom stereocenters. The number of aromatic nitrogens is 3. The van der Waals surface area contributed by atoms with E-state index >= 15 is 0 Å². The minimum Gasteiger partial charge on any atom is -0.482 e. The highest BCUT2D eigenvalue weighted by atomic mass is 16.5. The zero-order valence-corrected chi connectivity index (χ0v) is 21.3. The van der Waals surface area contributed by atoms with E-state index in [2.05, 4.69) is 46.5 Å². The molecular formula is C31H28N4O3. The van der Waals surface area contributed by atoms with Gasteiger partial charge in [0.25, 0.3) is 0 Å². The molecule has 0 bridgehead atoms. The first-order valence-electron chi connectivity index (χ1n) is 12.8. The van der Waals surface area contributed by atoms with E-state index in [1.807, 2.05) is 55.6 Å². The van der Waals surface area contributed by atoms with E-state index in [1.165, 1.54) is 5.56 Å². The number of nitrogens with zero attached hydrogens (tertiary/aromatic N) is 2. The van der Waals surface area contributed by atoms with Crippen molar-refractivity contribution >= 4 is 23.1 Å². The van der Waals surface area contributed by atoms with Crippen molar-refractivity contribution in [2.45, 2.75) is 31.8 Å². The number of aromatic amines is 1. The first-order valence-corrected chi connectivity index (χ1v) is 12.8. The predicted octanol–water partition coefficient (Wildman–Crippen LogP) is 6.83. The number of rotatable bonds is 8. The second kappa shape index (κ2) is 10.0. The molecule has 0 spiro atoms. The van der Waals surface area contributed by atoms with Gasteiger partial charge in [-0.15, -0.1) is 0 Å². The maximum Gasteiger partial charge on any atom is 0.163 e. The van der Waals surface area contributed by atoms with Crippen molar-refractivity contribution in [2.75, 3.05) is 12.4 Å². The van der Waals surface area contributed by atoms with Crippen LogP contribution in [0, 0.1) is 0 Å². The highest BCUT2D eigenvalue weighted by Gasteiger charge is 2.35. The molecule has 6 rings (SSSR count). The Hall–Kier alpha value is -4.65. The van der Waals surface area contributed by atoms with E-state index in [9.17, 15) is 4.79 Å². The number of carbonyl (C=O) groups excluding carboxylic acids is 1. The fraction of sp³-hybridized carbons (Fsp3) is 0.194. The molecule has 5 aromatic rings. The zero-order chi connectivity index (χ0) is 26.1. The monoisotopic (exact) mass is 504 g/mol. The van der Waals surface area contributed by atoms with Crippen molar-refractivity contribution in [2.24, 2.45) is 0 Å². The van der Waals surface area contributed by atoms with Crippen molar-refractivity contribution in [3.05, 3.63) is 95.9 Å². The van der Waals surface area contributed by atoms with Crippen LogP contribution in [0.5, 0.6) is 17.2 Å². The number of imidazole rings is 1. The maximum absolute atomic E-state index is 11.0. The Balaban J connectivity index is 1.26. The summed E-state index contributed by atoms with van der Waals surface area (Å²) in [5.41, 5.74) is 6.15. The van der Waals surface area contributed by atoms with Crippen molar-refractivity contribution in [3.63, 3.8) is 0 Å². The van der Waals surface area contributed by atoms with Crippen LogP contribution in [0.1, 0.15) is 42.3 Å². The van der Waals surface area contributed by atoms with Crippen molar-refractivity contribution in [1.29, 1.82) is 0 Å². The Morgan fingerprint density at radius 3 is 2.74 bits per heavy atom. The first kappa shape index (κ1) is 23.7. The Morgan fingerprint density at radius 1 is 1.05 bits per heavy atom.